The number of hydrogen-bond donors (Lipinski definition) is 3. The van der Waals surface area contributed by atoms with Crippen LogP contribution in [0.25, 0.3) is 0 Å². The van der Waals surface area contributed by atoms with Crippen LogP contribution >= 0.6 is 23.2 Å². The van der Waals surface area contributed by atoms with E-state index in [4.69, 9.17) is 28.3 Å². The minimum absolute atomic E-state index is 0.372. The normalized spacial score (nSPS) is 10.2. The molecule has 0 aliphatic carbocycles. The lowest BCUT2D eigenvalue weighted by atomic mass is 10.3. The van der Waals surface area contributed by atoms with Crippen LogP contribution in [0, 0.1) is 0 Å². The quantitative estimate of drug-likeness (QED) is 0.580. The lowest BCUT2D eigenvalue weighted by Crippen LogP contribution is -2.27. The molecule has 1 rings (SSSR count). The van der Waals surface area contributed by atoms with E-state index in [0.717, 1.165) is 12.2 Å². The van der Waals surface area contributed by atoms with Gasteiger partial charge < -0.3 is 5.11 Å². The molecule has 0 aliphatic heterocycles. The molecular formula is C10H8Cl2N2O3. The van der Waals surface area contributed by atoms with Gasteiger partial charge in [-0.25, -0.2) is 4.79 Å². The molecule has 90 valence electrons. The van der Waals surface area contributed by atoms with E-state index >= 15 is 0 Å². The second-order valence-corrected chi connectivity index (χ2v) is 3.75. The van der Waals surface area contributed by atoms with E-state index < -0.39 is 11.9 Å². The number of rotatable bonds is 4. The third-order valence-electron chi connectivity index (χ3n) is 1.63. The maximum Gasteiger partial charge on any atom is 0.328 e. The molecule has 7 heteroatoms. The van der Waals surface area contributed by atoms with Gasteiger partial charge in [-0.1, -0.05) is 23.2 Å². The monoisotopic (exact) mass is 274 g/mol. The van der Waals surface area contributed by atoms with Crippen molar-refractivity contribution < 1.29 is 14.7 Å². The number of benzene rings is 1. The molecule has 3 N–H and O–H groups in total. The molecule has 1 aromatic rings. The Morgan fingerprint density at radius 2 is 1.94 bits per heavy atom. The van der Waals surface area contributed by atoms with Crippen molar-refractivity contribution in [3.8, 4) is 0 Å². The van der Waals surface area contributed by atoms with E-state index in [0.29, 0.717) is 15.7 Å². The minimum Gasteiger partial charge on any atom is -0.478 e. The second kappa shape index (κ2) is 6.12. The number of carboxylic acids is 1. The highest BCUT2D eigenvalue weighted by Crippen LogP contribution is 2.24. The van der Waals surface area contributed by atoms with Gasteiger partial charge in [0.25, 0.3) is 5.91 Å². The first-order chi connectivity index (χ1) is 7.99. The summed E-state index contributed by atoms with van der Waals surface area (Å²) in [7, 11) is 0. The maximum absolute atomic E-state index is 11.1. The van der Waals surface area contributed by atoms with Crippen molar-refractivity contribution in [2.45, 2.75) is 0 Å². The Labute approximate surface area is 107 Å². The maximum atomic E-state index is 11.1. The van der Waals surface area contributed by atoms with Crippen LogP contribution in [0.1, 0.15) is 0 Å². The Bertz CT molecular complexity index is 475. The Hall–Kier alpha value is -1.72. The fourth-order valence-corrected chi connectivity index (χ4v) is 1.25. The topological polar surface area (TPSA) is 78.4 Å². The molecule has 0 aromatic heterocycles. The first-order valence-electron chi connectivity index (χ1n) is 4.41. The highest BCUT2D eigenvalue weighted by molar-refractivity contribution is 6.35. The smallest absolute Gasteiger partial charge is 0.328 e. The zero-order valence-electron chi connectivity index (χ0n) is 8.41. The van der Waals surface area contributed by atoms with Crippen LogP contribution < -0.4 is 10.9 Å². The predicted molar refractivity (Wildman–Crippen MR) is 65.0 cm³/mol. The summed E-state index contributed by atoms with van der Waals surface area (Å²) in [5.41, 5.74) is 5.17. The standard InChI is InChI=1S/C10H8Cl2N2O3/c11-6-1-2-7(12)8(5-6)13-14-9(15)3-4-10(16)17/h1-5,13H,(H,14,15)(H,16,17)/b4-3-. The zero-order chi connectivity index (χ0) is 12.8. The van der Waals surface area contributed by atoms with Crippen molar-refractivity contribution in [2.24, 2.45) is 0 Å². The molecule has 0 spiro atoms. The molecule has 0 radical (unpaired) electrons. The van der Waals surface area contributed by atoms with Crippen molar-refractivity contribution in [2.75, 3.05) is 5.43 Å². The lowest BCUT2D eigenvalue weighted by Gasteiger charge is -2.08. The van der Waals surface area contributed by atoms with Crippen LogP contribution in [0.4, 0.5) is 5.69 Å². The molecule has 0 saturated heterocycles. The number of halogens is 2. The molecule has 0 heterocycles. The van der Waals surface area contributed by atoms with Crippen molar-refractivity contribution in [3.63, 3.8) is 0 Å². The van der Waals surface area contributed by atoms with Crippen molar-refractivity contribution >= 4 is 40.8 Å². The number of hydrogen-bond acceptors (Lipinski definition) is 3. The Morgan fingerprint density at radius 1 is 1.24 bits per heavy atom. The Balaban J connectivity index is 2.58. The number of hydrazine groups is 1. The third-order valence-corrected chi connectivity index (χ3v) is 2.19. The van der Waals surface area contributed by atoms with Gasteiger partial charge in [-0.3, -0.25) is 15.6 Å². The van der Waals surface area contributed by atoms with Gasteiger partial charge >= 0.3 is 5.97 Å². The van der Waals surface area contributed by atoms with Gasteiger partial charge in [0, 0.05) is 17.2 Å². The average Bonchev–Trinajstić information content (AvgIpc) is 2.27. The van der Waals surface area contributed by atoms with E-state index in [1.54, 1.807) is 12.1 Å². The summed E-state index contributed by atoms with van der Waals surface area (Å²) in [6, 6.07) is 4.68. The van der Waals surface area contributed by atoms with Gasteiger partial charge in [-0.15, -0.1) is 0 Å². The summed E-state index contributed by atoms with van der Waals surface area (Å²) < 4.78 is 0. The first kappa shape index (κ1) is 13.3. The molecule has 1 amide bonds. The van der Waals surface area contributed by atoms with Crippen molar-refractivity contribution in [3.05, 3.63) is 40.4 Å². The SMILES string of the molecule is O=C(O)/C=C\C(=O)NNc1cc(Cl)ccc1Cl. The molecule has 0 bridgehead atoms. The van der Waals surface area contributed by atoms with Crippen molar-refractivity contribution in [1.82, 2.24) is 5.43 Å². The molecule has 0 saturated carbocycles. The fraction of sp³-hybridized carbons (Fsp3) is 0. The first-order valence-corrected chi connectivity index (χ1v) is 5.16. The molecule has 0 aliphatic rings. The van der Waals surface area contributed by atoms with E-state index in [1.165, 1.54) is 6.07 Å². The molecule has 0 fully saturated rings. The summed E-state index contributed by atoms with van der Waals surface area (Å²) in [5, 5.41) is 9.13. The largest absolute Gasteiger partial charge is 0.478 e. The van der Waals surface area contributed by atoms with Gasteiger partial charge in [0.1, 0.15) is 0 Å². The van der Waals surface area contributed by atoms with E-state index in [9.17, 15) is 9.59 Å². The lowest BCUT2D eigenvalue weighted by molar-refractivity contribution is -0.131. The van der Waals surface area contributed by atoms with Gasteiger partial charge in [-0.05, 0) is 18.2 Å². The Morgan fingerprint density at radius 3 is 2.59 bits per heavy atom. The Kier molecular flexibility index (Phi) is 4.81. The van der Waals surface area contributed by atoms with Gasteiger partial charge in [0.05, 0.1) is 10.7 Å². The molecule has 17 heavy (non-hydrogen) atoms. The highest BCUT2D eigenvalue weighted by atomic mass is 35.5. The summed E-state index contributed by atoms with van der Waals surface area (Å²) in [4.78, 5) is 21.3. The van der Waals surface area contributed by atoms with Crippen molar-refractivity contribution in [1.29, 1.82) is 0 Å². The van der Waals surface area contributed by atoms with Crippen LogP contribution in [-0.4, -0.2) is 17.0 Å². The average molecular weight is 275 g/mol. The number of aliphatic carboxylic acids is 1. The number of nitrogens with one attached hydrogen (secondary N) is 2. The number of carbonyl (C=O) groups is 2. The van der Waals surface area contributed by atoms with Crippen LogP contribution in [-0.2, 0) is 9.59 Å². The third kappa shape index (κ3) is 4.76. The van der Waals surface area contributed by atoms with E-state index in [-0.39, 0.29) is 0 Å². The number of amides is 1. The zero-order valence-corrected chi connectivity index (χ0v) is 9.92. The van der Waals surface area contributed by atoms with Crippen LogP contribution in [0.2, 0.25) is 10.0 Å². The summed E-state index contributed by atoms with van der Waals surface area (Å²) in [5.74, 6) is -1.83. The molecule has 0 atom stereocenters. The molecule has 1 aromatic carbocycles. The van der Waals surface area contributed by atoms with Crippen LogP contribution in [0.5, 0.6) is 0 Å². The number of anilines is 1. The molecule has 5 nitrogen and oxygen atoms in total. The van der Waals surface area contributed by atoms with Gasteiger partial charge in [0.15, 0.2) is 0 Å². The fourth-order valence-electron chi connectivity index (χ4n) is 0.911. The summed E-state index contributed by atoms with van der Waals surface area (Å²) in [6.07, 6.45) is 1.59. The minimum atomic E-state index is -1.21. The molecule has 0 unspecified atom stereocenters. The van der Waals surface area contributed by atoms with Gasteiger partial charge in [-0.2, -0.15) is 0 Å². The highest BCUT2D eigenvalue weighted by Gasteiger charge is 2.02. The van der Waals surface area contributed by atoms with Crippen LogP contribution in [0.15, 0.2) is 30.4 Å². The molecular weight excluding hydrogens is 267 g/mol. The summed E-state index contributed by atoms with van der Waals surface area (Å²) in [6.45, 7) is 0. The van der Waals surface area contributed by atoms with E-state index in [1.807, 2.05) is 0 Å². The second-order valence-electron chi connectivity index (χ2n) is 2.91. The summed E-state index contributed by atoms with van der Waals surface area (Å²) >= 11 is 11.6. The number of carboxylic acid groups (broad SMARTS) is 1. The predicted octanol–water partition coefficient (Wildman–Crippen LogP) is 2.08. The van der Waals surface area contributed by atoms with Gasteiger partial charge in [0.2, 0.25) is 0 Å². The van der Waals surface area contributed by atoms with Crippen LogP contribution in [0.3, 0.4) is 0 Å². The van der Waals surface area contributed by atoms with E-state index in [2.05, 4.69) is 10.9 Å². The number of carbonyl (C=O) groups excluding carboxylic acids is 1.